The largest absolute Gasteiger partial charge is 0.478 e. The van der Waals surface area contributed by atoms with E-state index in [2.05, 4.69) is 27.2 Å². The third-order valence-electron chi connectivity index (χ3n) is 2.36. The standard InChI is InChI=1S/C12H16N4OS/c1-3-17-10-4-5-14-12(16-10)15-8-9(2)11-13-6-7-18-11/h4-7,9H,3,8H2,1-2H3,(H,14,15,16). The molecule has 0 saturated carbocycles. The van der Waals surface area contributed by atoms with Crippen LogP contribution >= 0.6 is 11.3 Å². The van der Waals surface area contributed by atoms with Gasteiger partial charge in [-0.05, 0) is 6.92 Å². The van der Waals surface area contributed by atoms with E-state index in [4.69, 9.17) is 4.74 Å². The quantitative estimate of drug-likeness (QED) is 0.868. The number of nitrogens with zero attached hydrogens (tertiary/aromatic N) is 3. The molecule has 0 spiro atoms. The molecule has 2 rings (SSSR count). The first-order chi connectivity index (χ1) is 8.79. The molecule has 0 bridgehead atoms. The summed E-state index contributed by atoms with van der Waals surface area (Å²) in [6.07, 6.45) is 3.51. The van der Waals surface area contributed by atoms with E-state index in [9.17, 15) is 0 Å². The van der Waals surface area contributed by atoms with Gasteiger partial charge in [-0.15, -0.1) is 11.3 Å². The Morgan fingerprint density at radius 1 is 1.39 bits per heavy atom. The Morgan fingerprint density at radius 2 is 2.28 bits per heavy atom. The van der Waals surface area contributed by atoms with Crippen molar-refractivity contribution < 1.29 is 4.74 Å². The molecule has 0 fully saturated rings. The van der Waals surface area contributed by atoms with Crippen molar-refractivity contribution in [3.63, 3.8) is 0 Å². The molecule has 1 atom stereocenters. The highest BCUT2D eigenvalue weighted by Gasteiger charge is 2.08. The van der Waals surface area contributed by atoms with Gasteiger partial charge in [0.15, 0.2) is 0 Å². The molecular formula is C12H16N4OS. The lowest BCUT2D eigenvalue weighted by molar-refractivity contribution is 0.326. The Balaban J connectivity index is 1.91. The van der Waals surface area contributed by atoms with Crippen molar-refractivity contribution in [2.45, 2.75) is 19.8 Å². The number of hydrogen-bond acceptors (Lipinski definition) is 6. The summed E-state index contributed by atoms with van der Waals surface area (Å²) in [5.41, 5.74) is 0. The van der Waals surface area contributed by atoms with Gasteiger partial charge in [0.05, 0.1) is 11.6 Å². The number of thiazole rings is 1. The van der Waals surface area contributed by atoms with Gasteiger partial charge in [-0.1, -0.05) is 6.92 Å². The van der Waals surface area contributed by atoms with E-state index in [0.717, 1.165) is 11.6 Å². The average molecular weight is 264 g/mol. The van der Waals surface area contributed by atoms with Crippen LogP contribution in [0.15, 0.2) is 23.8 Å². The average Bonchev–Trinajstić information content (AvgIpc) is 2.91. The second-order valence-corrected chi connectivity index (χ2v) is 4.73. The van der Waals surface area contributed by atoms with Gasteiger partial charge in [0.2, 0.25) is 11.8 Å². The van der Waals surface area contributed by atoms with E-state index in [-0.39, 0.29) is 0 Å². The van der Waals surface area contributed by atoms with Gasteiger partial charge in [-0.2, -0.15) is 4.98 Å². The molecule has 0 aliphatic heterocycles. The topological polar surface area (TPSA) is 59.9 Å². The maximum atomic E-state index is 5.32. The lowest BCUT2D eigenvalue weighted by Crippen LogP contribution is -2.12. The Labute approximate surface area is 110 Å². The van der Waals surface area contributed by atoms with Crippen molar-refractivity contribution in [2.24, 2.45) is 0 Å². The number of aromatic nitrogens is 3. The van der Waals surface area contributed by atoms with Crippen molar-refractivity contribution in [1.29, 1.82) is 0 Å². The Morgan fingerprint density at radius 3 is 3.00 bits per heavy atom. The number of hydrogen-bond donors (Lipinski definition) is 1. The van der Waals surface area contributed by atoms with Crippen LogP contribution in [0.4, 0.5) is 5.95 Å². The fourth-order valence-corrected chi connectivity index (χ4v) is 2.16. The van der Waals surface area contributed by atoms with E-state index in [1.165, 1.54) is 0 Å². The molecule has 0 radical (unpaired) electrons. The van der Waals surface area contributed by atoms with Gasteiger partial charge in [0.25, 0.3) is 0 Å². The molecule has 2 heterocycles. The maximum absolute atomic E-state index is 5.32. The van der Waals surface area contributed by atoms with Crippen LogP contribution in [0.1, 0.15) is 24.8 Å². The summed E-state index contributed by atoms with van der Waals surface area (Å²) in [4.78, 5) is 12.7. The first-order valence-corrected chi connectivity index (χ1v) is 6.76. The predicted octanol–water partition coefficient (Wildman–Crippen LogP) is 2.55. The van der Waals surface area contributed by atoms with E-state index < -0.39 is 0 Å². The van der Waals surface area contributed by atoms with Gasteiger partial charge in [0, 0.05) is 36.3 Å². The van der Waals surface area contributed by atoms with Crippen LogP contribution < -0.4 is 10.1 Å². The van der Waals surface area contributed by atoms with E-state index in [1.54, 1.807) is 23.6 Å². The SMILES string of the molecule is CCOc1ccnc(NCC(C)c2nccs2)n1. The third kappa shape index (κ3) is 3.40. The lowest BCUT2D eigenvalue weighted by atomic mass is 10.2. The zero-order valence-corrected chi connectivity index (χ0v) is 11.3. The van der Waals surface area contributed by atoms with Crippen molar-refractivity contribution >= 4 is 17.3 Å². The molecule has 1 unspecified atom stereocenters. The predicted molar refractivity (Wildman–Crippen MR) is 72.2 cm³/mol. The summed E-state index contributed by atoms with van der Waals surface area (Å²) in [5.74, 6) is 1.52. The van der Waals surface area contributed by atoms with Crippen LogP contribution in [0.3, 0.4) is 0 Å². The highest BCUT2D eigenvalue weighted by Crippen LogP contribution is 2.18. The molecular weight excluding hydrogens is 248 g/mol. The summed E-state index contributed by atoms with van der Waals surface area (Å²) in [6.45, 7) is 5.41. The van der Waals surface area contributed by atoms with Crippen molar-refractivity contribution in [3.8, 4) is 5.88 Å². The van der Waals surface area contributed by atoms with Crippen LogP contribution in [0.5, 0.6) is 5.88 Å². The Kier molecular flexibility index (Phi) is 4.46. The van der Waals surface area contributed by atoms with E-state index >= 15 is 0 Å². The second-order valence-electron chi connectivity index (χ2n) is 3.80. The molecule has 0 aliphatic rings. The summed E-state index contributed by atoms with van der Waals surface area (Å²) >= 11 is 1.66. The smallest absolute Gasteiger partial charge is 0.225 e. The molecule has 0 saturated heterocycles. The fraction of sp³-hybridized carbons (Fsp3) is 0.417. The van der Waals surface area contributed by atoms with Crippen LogP contribution in [-0.4, -0.2) is 28.1 Å². The molecule has 0 amide bonds. The minimum Gasteiger partial charge on any atom is -0.478 e. The van der Waals surface area contributed by atoms with Crippen molar-refractivity contribution in [1.82, 2.24) is 15.0 Å². The monoisotopic (exact) mass is 264 g/mol. The minimum atomic E-state index is 0.337. The Bertz CT molecular complexity index is 475. The van der Waals surface area contributed by atoms with Gasteiger partial charge >= 0.3 is 0 Å². The van der Waals surface area contributed by atoms with Gasteiger partial charge in [0.1, 0.15) is 0 Å². The number of anilines is 1. The van der Waals surface area contributed by atoms with Gasteiger partial charge in [-0.3, -0.25) is 0 Å². The summed E-state index contributed by atoms with van der Waals surface area (Å²) < 4.78 is 5.32. The van der Waals surface area contributed by atoms with Gasteiger partial charge < -0.3 is 10.1 Å². The van der Waals surface area contributed by atoms with Gasteiger partial charge in [-0.25, -0.2) is 9.97 Å². The fourth-order valence-electron chi connectivity index (χ4n) is 1.47. The molecule has 0 aliphatic carbocycles. The molecule has 2 aromatic heterocycles. The van der Waals surface area contributed by atoms with Crippen LogP contribution in [-0.2, 0) is 0 Å². The molecule has 2 aromatic rings. The first-order valence-electron chi connectivity index (χ1n) is 5.88. The maximum Gasteiger partial charge on any atom is 0.225 e. The Hall–Kier alpha value is -1.69. The third-order valence-corrected chi connectivity index (χ3v) is 3.37. The normalized spacial score (nSPS) is 12.1. The van der Waals surface area contributed by atoms with Crippen molar-refractivity contribution in [3.05, 3.63) is 28.8 Å². The second kappa shape index (κ2) is 6.30. The van der Waals surface area contributed by atoms with Crippen LogP contribution in [0.25, 0.3) is 0 Å². The van der Waals surface area contributed by atoms with E-state index in [1.807, 2.05) is 18.5 Å². The minimum absolute atomic E-state index is 0.337. The number of nitrogens with one attached hydrogen (secondary N) is 1. The molecule has 0 aromatic carbocycles. The summed E-state index contributed by atoms with van der Waals surface area (Å²) in [7, 11) is 0. The molecule has 6 heteroatoms. The molecule has 1 N–H and O–H groups in total. The molecule has 18 heavy (non-hydrogen) atoms. The zero-order chi connectivity index (χ0) is 12.8. The lowest BCUT2D eigenvalue weighted by Gasteiger charge is -2.10. The first kappa shape index (κ1) is 12.8. The summed E-state index contributed by atoms with van der Waals surface area (Å²) in [5, 5.41) is 6.29. The molecule has 96 valence electrons. The zero-order valence-electron chi connectivity index (χ0n) is 10.5. The number of rotatable bonds is 6. The molecule has 5 nitrogen and oxygen atoms in total. The van der Waals surface area contributed by atoms with Crippen LogP contribution in [0, 0.1) is 0 Å². The highest BCUT2D eigenvalue weighted by atomic mass is 32.1. The summed E-state index contributed by atoms with van der Waals surface area (Å²) in [6, 6.07) is 1.75. The number of ether oxygens (including phenoxy) is 1. The highest BCUT2D eigenvalue weighted by molar-refractivity contribution is 7.09. The van der Waals surface area contributed by atoms with Crippen LogP contribution in [0.2, 0.25) is 0 Å². The van der Waals surface area contributed by atoms with Crippen molar-refractivity contribution in [2.75, 3.05) is 18.5 Å². The van der Waals surface area contributed by atoms with E-state index in [0.29, 0.717) is 24.4 Å².